The molecule has 0 aromatic heterocycles. The van der Waals surface area contributed by atoms with Crippen LogP contribution in [0.15, 0.2) is 11.1 Å². The molecular weight excluding hydrogens is 384 g/mol. The number of Topliss-reactive ketones (excluding diaryl/α,β-unsaturated/α-hetero) is 1. The van der Waals surface area contributed by atoms with Crippen LogP contribution in [0.25, 0.3) is 0 Å². The van der Waals surface area contributed by atoms with E-state index in [9.17, 15) is 14.7 Å². The Bertz CT molecular complexity index is 826. The third kappa shape index (κ3) is 2.74. The number of carbonyl (C=O) groups excluding carboxylic acids is 2. The monoisotopic (exact) mass is 426 g/mol. The fourth-order valence-electron chi connectivity index (χ4n) is 10.1. The first-order valence-electron chi connectivity index (χ1n) is 13.0. The van der Waals surface area contributed by atoms with Gasteiger partial charge in [-0.25, -0.2) is 0 Å². The van der Waals surface area contributed by atoms with Gasteiger partial charge >= 0.3 is 0 Å². The van der Waals surface area contributed by atoms with E-state index >= 15 is 0 Å². The van der Waals surface area contributed by atoms with Gasteiger partial charge in [0, 0.05) is 6.42 Å². The second-order valence-electron chi connectivity index (χ2n) is 12.9. The van der Waals surface area contributed by atoms with Gasteiger partial charge < -0.3 is 9.90 Å². The van der Waals surface area contributed by atoms with Crippen molar-refractivity contribution in [3.63, 3.8) is 0 Å². The molecule has 5 aliphatic carbocycles. The molecule has 1 N–H and O–H groups in total. The fourth-order valence-corrected chi connectivity index (χ4v) is 10.1. The Labute approximate surface area is 188 Å². The van der Waals surface area contributed by atoms with Crippen molar-refractivity contribution in [1.29, 1.82) is 0 Å². The topological polar surface area (TPSA) is 54.4 Å². The molecule has 0 heterocycles. The van der Waals surface area contributed by atoms with Crippen molar-refractivity contribution in [2.45, 2.75) is 98.5 Å². The summed E-state index contributed by atoms with van der Waals surface area (Å²) in [4.78, 5) is 25.5. The average Bonchev–Trinajstić information content (AvgIpc) is 3.03. The molecule has 3 nitrogen and oxygen atoms in total. The quantitative estimate of drug-likeness (QED) is 0.572. The third-order valence-electron chi connectivity index (χ3n) is 11.4. The highest BCUT2D eigenvalue weighted by molar-refractivity contribution is 6.03. The summed E-state index contributed by atoms with van der Waals surface area (Å²) in [6.45, 7) is 11.7. The van der Waals surface area contributed by atoms with E-state index in [4.69, 9.17) is 0 Å². The number of rotatable bonds is 2. The van der Waals surface area contributed by atoms with Crippen molar-refractivity contribution >= 4 is 12.1 Å². The van der Waals surface area contributed by atoms with Crippen molar-refractivity contribution in [2.75, 3.05) is 0 Å². The second-order valence-corrected chi connectivity index (χ2v) is 12.9. The van der Waals surface area contributed by atoms with Crippen LogP contribution in [0.1, 0.15) is 92.4 Å². The Morgan fingerprint density at radius 3 is 2.29 bits per heavy atom. The smallest absolute Gasteiger partial charge is 0.160 e. The van der Waals surface area contributed by atoms with E-state index in [1.807, 2.05) is 0 Å². The van der Waals surface area contributed by atoms with Crippen LogP contribution >= 0.6 is 0 Å². The zero-order valence-electron chi connectivity index (χ0n) is 20.2. The molecule has 9 unspecified atom stereocenters. The van der Waals surface area contributed by atoms with E-state index in [0.717, 1.165) is 44.0 Å². The number of aliphatic hydroxyl groups is 1. The Kier molecular flexibility index (Phi) is 4.95. The van der Waals surface area contributed by atoms with Crippen molar-refractivity contribution in [2.24, 2.45) is 51.8 Å². The third-order valence-corrected chi connectivity index (χ3v) is 11.4. The first-order valence-corrected chi connectivity index (χ1v) is 13.0. The molecule has 31 heavy (non-hydrogen) atoms. The first-order chi connectivity index (χ1) is 14.6. The van der Waals surface area contributed by atoms with Crippen LogP contribution in [-0.2, 0) is 9.59 Å². The molecule has 0 radical (unpaired) electrons. The van der Waals surface area contributed by atoms with Crippen LogP contribution in [0.4, 0.5) is 0 Å². The Morgan fingerprint density at radius 1 is 0.968 bits per heavy atom. The van der Waals surface area contributed by atoms with E-state index in [2.05, 4.69) is 34.6 Å². The number of fused-ring (bicyclic) bond motifs is 7. The Morgan fingerprint density at radius 2 is 1.61 bits per heavy atom. The summed E-state index contributed by atoms with van der Waals surface area (Å²) in [5.74, 6) is 3.18. The highest BCUT2D eigenvalue weighted by Crippen LogP contribution is 2.71. The Balaban J connectivity index is 1.55. The molecule has 3 heteroatoms. The van der Waals surface area contributed by atoms with E-state index in [0.29, 0.717) is 41.4 Å². The number of ketones is 1. The van der Waals surface area contributed by atoms with Gasteiger partial charge in [-0.05, 0) is 109 Å². The minimum absolute atomic E-state index is 0.134. The molecule has 4 saturated carbocycles. The van der Waals surface area contributed by atoms with Crippen molar-refractivity contribution in [3.05, 3.63) is 11.1 Å². The first kappa shape index (κ1) is 21.9. The predicted molar refractivity (Wildman–Crippen MR) is 122 cm³/mol. The molecule has 0 amide bonds. The van der Waals surface area contributed by atoms with Gasteiger partial charge in [-0.15, -0.1) is 0 Å². The maximum Gasteiger partial charge on any atom is 0.160 e. The normalized spacial score (nSPS) is 51.8. The lowest BCUT2D eigenvalue weighted by molar-refractivity contribution is -0.178. The van der Waals surface area contributed by atoms with Crippen LogP contribution < -0.4 is 0 Å². The van der Waals surface area contributed by atoms with Gasteiger partial charge in [-0.1, -0.05) is 34.6 Å². The average molecular weight is 427 g/mol. The van der Waals surface area contributed by atoms with Crippen molar-refractivity contribution in [1.82, 2.24) is 0 Å². The summed E-state index contributed by atoms with van der Waals surface area (Å²) in [6, 6.07) is 0. The van der Waals surface area contributed by atoms with Crippen molar-refractivity contribution in [3.8, 4) is 0 Å². The van der Waals surface area contributed by atoms with Crippen LogP contribution in [-0.4, -0.2) is 23.3 Å². The van der Waals surface area contributed by atoms with Crippen LogP contribution in [0.5, 0.6) is 0 Å². The van der Waals surface area contributed by atoms with Gasteiger partial charge in [0.25, 0.3) is 0 Å². The molecule has 0 bridgehead atoms. The summed E-state index contributed by atoms with van der Waals surface area (Å²) in [5, 5.41) is 10.6. The maximum atomic E-state index is 13.0. The molecule has 0 aromatic carbocycles. The van der Waals surface area contributed by atoms with Gasteiger partial charge in [0.05, 0.1) is 11.5 Å². The maximum absolute atomic E-state index is 13.0. The molecule has 0 spiro atoms. The van der Waals surface area contributed by atoms with Gasteiger partial charge in [0.15, 0.2) is 5.78 Å². The number of hydrogen-bond donors (Lipinski definition) is 1. The number of aliphatic hydroxyl groups excluding tert-OH is 1. The van der Waals surface area contributed by atoms with Gasteiger partial charge in [0.1, 0.15) is 6.29 Å². The molecule has 0 saturated heterocycles. The van der Waals surface area contributed by atoms with Gasteiger partial charge in [-0.3, -0.25) is 4.79 Å². The molecule has 5 rings (SSSR count). The number of hydrogen-bond acceptors (Lipinski definition) is 3. The Hall–Kier alpha value is -0.960. The standard InChI is InChI=1S/C28H42O3/c1-16(2)24-22(31)14-28(15-29)13-9-20-18(25(24)28)6-7-23-26(4)12-10-21(30)17(3)19(26)8-11-27(20,23)5/h15-21,23,30H,6-14H2,1-5H3. The number of allylic oxidation sites excluding steroid dienone is 2. The van der Waals surface area contributed by atoms with E-state index in [-0.39, 0.29) is 23.2 Å². The van der Waals surface area contributed by atoms with E-state index in [1.54, 1.807) is 0 Å². The minimum Gasteiger partial charge on any atom is -0.393 e. The van der Waals surface area contributed by atoms with Crippen LogP contribution in [0.2, 0.25) is 0 Å². The lowest BCUT2D eigenvalue weighted by atomic mass is 9.38. The van der Waals surface area contributed by atoms with Gasteiger partial charge in [-0.2, -0.15) is 0 Å². The second kappa shape index (κ2) is 7.02. The fraction of sp³-hybridized carbons (Fsp3) is 0.857. The molecule has 0 aliphatic heterocycles. The zero-order valence-corrected chi connectivity index (χ0v) is 20.2. The molecule has 5 aliphatic rings. The number of carbonyl (C=O) groups is 2. The summed E-state index contributed by atoms with van der Waals surface area (Å²) >= 11 is 0. The summed E-state index contributed by atoms with van der Waals surface area (Å²) in [5.41, 5.74) is 2.39. The lowest BCUT2D eigenvalue weighted by Gasteiger charge is -2.67. The molecule has 4 fully saturated rings. The van der Waals surface area contributed by atoms with E-state index < -0.39 is 5.41 Å². The summed E-state index contributed by atoms with van der Waals surface area (Å²) in [6.07, 6.45) is 10.3. The van der Waals surface area contributed by atoms with Gasteiger partial charge in [0.2, 0.25) is 0 Å². The SMILES string of the molecule is CC(C)C1=C2C3CCC4C(C)(CCC5C(C)C(O)CCC54C)C3CCC2(C=O)CC1=O. The molecule has 9 atom stereocenters. The lowest BCUT2D eigenvalue weighted by Crippen LogP contribution is -2.60. The van der Waals surface area contributed by atoms with Crippen molar-refractivity contribution < 1.29 is 14.7 Å². The predicted octanol–water partition coefficient (Wildman–Crippen LogP) is 5.75. The molecular formula is C28H42O3. The van der Waals surface area contributed by atoms with E-state index in [1.165, 1.54) is 24.8 Å². The minimum atomic E-state index is -0.494. The largest absolute Gasteiger partial charge is 0.393 e. The molecule has 172 valence electrons. The van der Waals surface area contributed by atoms with Crippen LogP contribution in [0, 0.1) is 51.8 Å². The van der Waals surface area contributed by atoms with Crippen LogP contribution in [0.3, 0.4) is 0 Å². The number of aldehydes is 1. The molecule has 0 aromatic rings. The highest BCUT2D eigenvalue weighted by atomic mass is 16.3. The summed E-state index contributed by atoms with van der Waals surface area (Å²) < 4.78 is 0. The highest BCUT2D eigenvalue weighted by Gasteiger charge is 2.64. The summed E-state index contributed by atoms with van der Waals surface area (Å²) in [7, 11) is 0. The zero-order chi connectivity index (χ0) is 22.3.